The minimum Gasteiger partial charge on any atom is -0.492 e. The Morgan fingerprint density at radius 3 is 2.57 bits per heavy atom. The molecule has 0 saturated heterocycles. The molecule has 1 rings (SSSR count). The second kappa shape index (κ2) is 9.80. The van der Waals surface area contributed by atoms with E-state index in [-0.39, 0.29) is 0 Å². The van der Waals surface area contributed by atoms with E-state index in [9.17, 15) is 0 Å². The van der Waals surface area contributed by atoms with Gasteiger partial charge in [-0.3, -0.25) is 4.90 Å². The van der Waals surface area contributed by atoms with Crippen LogP contribution in [0, 0.1) is 0 Å². The van der Waals surface area contributed by atoms with Gasteiger partial charge in [0.25, 0.3) is 0 Å². The molecule has 0 radical (unpaired) electrons. The lowest BCUT2D eigenvalue weighted by Crippen LogP contribution is -2.35. The first-order chi connectivity index (χ1) is 10.1. The highest BCUT2D eigenvalue weighted by Crippen LogP contribution is 2.13. The first kappa shape index (κ1) is 18.0. The summed E-state index contributed by atoms with van der Waals surface area (Å²) < 4.78 is 5.91. The molecule has 21 heavy (non-hydrogen) atoms. The SMILES string of the molecule is CCC(C)N(CC)CCOc1cccc(CNC(C)C)c1. The van der Waals surface area contributed by atoms with Gasteiger partial charge >= 0.3 is 0 Å². The van der Waals surface area contributed by atoms with Crippen LogP contribution in [-0.4, -0.2) is 36.7 Å². The normalized spacial score (nSPS) is 12.9. The van der Waals surface area contributed by atoms with Gasteiger partial charge in [-0.1, -0.05) is 39.8 Å². The largest absolute Gasteiger partial charge is 0.492 e. The van der Waals surface area contributed by atoms with Crippen molar-refractivity contribution in [3.05, 3.63) is 29.8 Å². The van der Waals surface area contributed by atoms with E-state index in [1.807, 2.05) is 6.07 Å². The fourth-order valence-corrected chi connectivity index (χ4v) is 2.30. The number of likely N-dealkylation sites (N-methyl/N-ethyl adjacent to an activating group) is 1. The first-order valence-corrected chi connectivity index (χ1v) is 8.26. The molecule has 1 atom stereocenters. The van der Waals surface area contributed by atoms with E-state index in [4.69, 9.17) is 4.74 Å². The van der Waals surface area contributed by atoms with Gasteiger partial charge < -0.3 is 10.1 Å². The first-order valence-electron chi connectivity index (χ1n) is 8.26. The molecule has 120 valence electrons. The third-order valence-electron chi connectivity index (χ3n) is 3.88. The van der Waals surface area contributed by atoms with Gasteiger partial charge in [-0.05, 0) is 37.6 Å². The molecule has 0 saturated carbocycles. The van der Waals surface area contributed by atoms with Crippen molar-refractivity contribution in [2.24, 2.45) is 0 Å². The smallest absolute Gasteiger partial charge is 0.119 e. The van der Waals surface area contributed by atoms with Crippen molar-refractivity contribution < 1.29 is 4.74 Å². The maximum absolute atomic E-state index is 5.91. The second-order valence-electron chi connectivity index (χ2n) is 5.92. The fourth-order valence-electron chi connectivity index (χ4n) is 2.30. The fraction of sp³-hybridized carbons (Fsp3) is 0.667. The minimum atomic E-state index is 0.503. The summed E-state index contributed by atoms with van der Waals surface area (Å²) in [5, 5.41) is 3.43. The van der Waals surface area contributed by atoms with E-state index in [1.165, 1.54) is 12.0 Å². The zero-order valence-corrected chi connectivity index (χ0v) is 14.4. The lowest BCUT2D eigenvalue weighted by Gasteiger charge is -2.26. The summed E-state index contributed by atoms with van der Waals surface area (Å²) in [4.78, 5) is 2.46. The van der Waals surface area contributed by atoms with E-state index < -0.39 is 0 Å². The van der Waals surface area contributed by atoms with E-state index in [0.29, 0.717) is 12.1 Å². The van der Waals surface area contributed by atoms with Crippen LogP contribution >= 0.6 is 0 Å². The van der Waals surface area contributed by atoms with Crippen LogP contribution in [0.25, 0.3) is 0 Å². The molecule has 1 unspecified atom stereocenters. The van der Waals surface area contributed by atoms with Crippen molar-refractivity contribution >= 4 is 0 Å². The maximum atomic E-state index is 5.91. The van der Waals surface area contributed by atoms with Crippen LogP contribution < -0.4 is 10.1 Å². The Morgan fingerprint density at radius 2 is 1.95 bits per heavy atom. The number of hydrogen-bond donors (Lipinski definition) is 1. The number of rotatable bonds is 10. The Bertz CT molecular complexity index is 393. The van der Waals surface area contributed by atoms with E-state index in [1.54, 1.807) is 0 Å². The summed E-state index contributed by atoms with van der Waals surface area (Å²) >= 11 is 0. The highest BCUT2D eigenvalue weighted by atomic mass is 16.5. The third-order valence-corrected chi connectivity index (χ3v) is 3.88. The standard InChI is InChI=1S/C18H32N2O/c1-6-16(5)20(7-2)11-12-21-18-10-8-9-17(13-18)14-19-15(3)4/h8-10,13,15-16,19H,6-7,11-12,14H2,1-5H3. The van der Waals surface area contributed by atoms with Crippen LogP contribution in [0.5, 0.6) is 5.75 Å². The van der Waals surface area contributed by atoms with Crippen molar-refractivity contribution in [3.8, 4) is 5.75 Å². The van der Waals surface area contributed by atoms with Crippen LogP contribution in [0.15, 0.2) is 24.3 Å². The maximum Gasteiger partial charge on any atom is 0.119 e. The Morgan fingerprint density at radius 1 is 1.19 bits per heavy atom. The van der Waals surface area contributed by atoms with Gasteiger partial charge in [0.15, 0.2) is 0 Å². The highest BCUT2D eigenvalue weighted by molar-refractivity contribution is 5.28. The predicted octanol–water partition coefficient (Wildman–Crippen LogP) is 3.68. The van der Waals surface area contributed by atoms with Crippen molar-refractivity contribution in [2.75, 3.05) is 19.7 Å². The second-order valence-corrected chi connectivity index (χ2v) is 5.92. The molecule has 0 amide bonds. The molecular weight excluding hydrogens is 260 g/mol. The molecule has 3 nitrogen and oxygen atoms in total. The summed E-state index contributed by atoms with van der Waals surface area (Å²) in [6.45, 7) is 14.8. The van der Waals surface area contributed by atoms with Gasteiger partial charge in [0, 0.05) is 25.2 Å². The monoisotopic (exact) mass is 292 g/mol. The van der Waals surface area contributed by atoms with Crippen molar-refractivity contribution in [3.63, 3.8) is 0 Å². The molecule has 1 aromatic carbocycles. The summed E-state index contributed by atoms with van der Waals surface area (Å²) in [6, 6.07) is 9.51. The topological polar surface area (TPSA) is 24.5 Å². The van der Waals surface area contributed by atoms with Crippen molar-refractivity contribution in [2.45, 2.75) is 59.7 Å². The van der Waals surface area contributed by atoms with Crippen molar-refractivity contribution in [1.82, 2.24) is 10.2 Å². The summed E-state index contributed by atoms with van der Waals surface area (Å²) in [5.41, 5.74) is 1.27. The molecule has 1 N–H and O–H groups in total. The summed E-state index contributed by atoms with van der Waals surface area (Å²) in [7, 11) is 0. The molecule has 0 aliphatic heterocycles. The van der Waals surface area contributed by atoms with Crippen LogP contribution in [0.3, 0.4) is 0 Å². The molecule has 0 aliphatic carbocycles. The van der Waals surface area contributed by atoms with Gasteiger partial charge in [-0.2, -0.15) is 0 Å². The molecule has 0 spiro atoms. The molecule has 0 aliphatic rings. The minimum absolute atomic E-state index is 0.503. The molecule has 3 heteroatoms. The lowest BCUT2D eigenvalue weighted by molar-refractivity contribution is 0.171. The van der Waals surface area contributed by atoms with Crippen LogP contribution in [0.4, 0.5) is 0 Å². The number of nitrogens with one attached hydrogen (secondary N) is 1. The number of hydrogen-bond acceptors (Lipinski definition) is 3. The number of benzene rings is 1. The zero-order valence-electron chi connectivity index (χ0n) is 14.4. The molecule has 0 aromatic heterocycles. The van der Waals surface area contributed by atoms with Gasteiger partial charge in [0.1, 0.15) is 12.4 Å². The Balaban J connectivity index is 2.42. The average Bonchev–Trinajstić information content (AvgIpc) is 2.49. The van der Waals surface area contributed by atoms with Crippen LogP contribution in [0.2, 0.25) is 0 Å². The summed E-state index contributed by atoms with van der Waals surface area (Å²) in [6.07, 6.45) is 1.18. The Kier molecular flexibility index (Phi) is 8.40. The molecule has 0 fully saturated rings. The molecule has 0 heterocycles. The Hall–Kier alpha value is -1.06. The van der Waals surface area contributed by atoms with E-state index >= 15 is 0 Å². The van der Waals surface area contributed by atoms with Gasteiger partial charge in [0.05, 0.1) is 0 Å². The number of ether oxygens (including phenoxy) is 1. The van der Waals surface area contributed by atoms with Gasteiger partial charge in [-0.25, -0.2) is 0 Å². The zero-order chi connectivity index (χ0) is 15.7. The molecule has 0 bridgehead atoms. The third kappa shape index (κ3) is 6.96. The highest BCUT2D eigenvalue weighted by Gasteiger charge is 2.09. The number of nitrogens with zero attached hydrogens (tertiary/aromatic N) is 1. The summed E-state index contributed by atoms with van der Waals surface area (Å²) in [5.74, 6) is 0.971. The van der Waals surface area contributed by atoms with Crippen LogP contribution in [-0.2, 0) is 6.54 Å². The lowest BCUT2D eigenvalue weighted by atomic mass is 10.2. The van der Waals surface area contributed by atoms with Gasteiger partial charge in [0.2, 0.25) is 0 Å². The quantitative estimate of drug-likeness (QED) is 0.712. The molecular formula is C18H32N2O. The van der Waals surface area contributed by atoms with Gasteiger partial charge in [-0.15, -0.1) is 0 Å². The van der Waals surface area contributed by atoms with Crippen molar-refractivity contribution in [1.29, 1.82) is 0 Å². The average molecular weight is 292 g/mol. The Labute approximate surface area is 130 Å². The molecule has 1 aromatic rings. The van der Waals surface area contributed by atoms with E-state index in [0.717, 1.165) is 32.0 Å². The predicted molar refractivity (Wildman–Crippen MR) is 90.9 cm³/mol. The van der Waals surface area contributed by atoms with Crippen LogP contribution in [0.1, 0.15) is 46.6 Å². The van der Waals surface area contributed by atoms with E-state index in [2.05, 4.69) is 63.0 Å².